The van der Waals surface area contributed by atoms with Gasteiger partial charge in [-0.2, -0.15) is 0 Å². The van der Waals surface area contributed by atoms with Gasteiger partial charge in [-0.05, 0) is 52.2 Å². The Balaban J connectivity index is 2.09. The molecule has 1 aliphatic heterocycles. The van der Waals surface area contributed by atoms with Gasteiger partial charge in [0.15, 0.2) is 0 Å². The smallest absolute Gasteiger partial charge is 0.329 e. The van der Waals surface area contributed by atoms with Crippen LogP contribution in [0.1, 0.15) is 48.9 Å². The monoisotopic (exact) mass is 310 g/mol. The summed E-state index contributed by atoms with van der Waals surface area (Å²) in [4.78, 5) is 27.7. The number of carbonyl (C=O) groups excluding carboxylic acids is 1. The topological polar surface area (TPSA) is 69.6 Å². The Morgan fingerprint density at radius 3 is 2.71 bits per heavy atom. The van der Waals surface area contributed by atoms with E-state index in [4.69, 9.17) is 0 Å². The molecule has 1 aromatic heterocycles. The molecular weight excluding hydrogens is 288 g/mol. The molecule has 0 aliphatic carbocycles. The second-order valence-electron chi connectivity index (χ2n) is 5.81. The van der Waals surface area contributed by atoms with E-state index < -0.39 is 11.5 Å². The lowest BCUT2D eigenvalue weighted by molar-refractivity contribution is -0.150. The maximum absolute atomic E-state index is 12.5. The van der Waals surface area contributed by atoms with Crippen molar-refractivity contribution in [2.45, 2.75) is 51.6 Å². The molecule has 2 atom stereocenters. The fourth-order valence-electron chi connectivity index (χ4n) is 2.69. The van der Waals surface area contributed by atoms with Gasteiger partial charge in [-0.25, -0.2) is 9.59 Å². The predicted molar refractivity (Wildman–Crippen MR) is 82.6 cm³/mol. The number of aryl methyl sites for hydroxylation is 1. The maximum atomic E-state index is 12.5. The number of hydrogen-bond acceptors (Lipinski definition) is 3. The minimum Gasteiger partial charge on any atom is -0.480 e. The third-order valence-corrected chi connectivity index (χ3v) is 5.31. The Labute approximate surface area is 129 Å². The van der Waals surface area contributed by atoms with E-state index in [1.807, 2.05) is 26.0 Å². The van der Waals surface area contributed by atoms with E-state index in [1.54, 1.807) is 18.3 Å². The number of rotatable bonds is 3. The van der Waals surface area contributed by atoms with Crippen molar-refractivity contribution in [3.8, 4) is 0 Å². The quantitative estimate of drug-likeness (QED) is 0.901. The van der Waals surface area contributed by atoms with Crippen LogP contribution in [0.2, 0.25) is 0 Å². The first-order valence-electron chi connectivity index (χ1n) is 7.22. The first-order chi connectivity index (χ1) is 9.84. The van der Waals surface area contributed by atoms with Gasteiger partial charge in [-0.15, -0.1) is 11.3 Å². The molecule has 1 saturated heterocycles. The third-order valence-electron chi connectivity index (χ3n) is 4.12. The lowest BCUT2D eigenvalue weighted by Gasteiger charge is -2.41. The SMILES string of the molecule is Cc1ccc(C(C)NC(=O)N2CCCCC2(C)C(=O)O)s1. The second-order valence-corrected chi connectivity index (χ2v) is 7.13. The van der Waals surface area contributed by atoms with Crippen LogP contribution in [0.3, 0.4) is 0 Å². The second kappa shape index (κ2) is 6.05. The van der Waals surface area contributed by atoms with Crippen LogP contribution in [-0.2, 0) is 4.79 Å². The van der Waals surface area contributed by atoms with Crippen LogP contribution in [0.4, 0.5) is 4.79 Å². The molecule has 0 spiro atoms. The summed E-state index contributed by atoms with van der Waals surface area (Å²) in [6, 6.07) is 3.61. The average molecular weight is 310 g/mol. The lowest BCUT2D eigenvalue weighted by Crippen LogP contribution is -2.60. The average Bonchev–Trinajstić information content (AvgIpc) is 2.85. The number of thiophene rings is 1. The van der Waals surface area contributed by atoms with E-state index >= 15 is 0 Å². The number of hydrogen-bond donors (Lipinski definition) is 2. The lowest BCUT2D eigenvalue weighted by atomic mass is 9.89. The fourth-order valence-corrected chi connectivity index (χ4v) is 3.57. The zero-order chi connectivity index (χ0) is 15.6. The molecule has 2 unspecified atom stereocenters. The van der Waals surface area contributed by atoms with Crippen molar-refractivity contribution in [2.24, 2.45) is 0 Å². The number of likely N-dealkylation sites (tertiary alicyclic amines) is 1. The number of nitrogens with one attached hydrogen (secondary N) is 1. The maximum Gasteiger partial charge on any atom is 0.329 e. The minimum absolute atomic E-state index is 0.115. The first kappa shape index (κ1) is 15.8. The van der Waals surface area contributed by atoms with E-state index in [0.29, 0.717) is 13.0 Å². The molecule has 1 aliphatic rings. The molecule has 0 bridgehead atoms. The molecule has 1 aromatic rings. The zero-order valence-corrected chi connectivity index (χ0v) is 13.5. The number of carboxylic acid groups (broad SMARTS) is 1. The predicted octanol–water partition coefficient (Wildman–Crippen LogP) is 3.16. The van der Waals surface area contributed by atoms with E-state index in [0.717, 1.165) is 17.7 Å². The summed E-state index contributed by atoms with van der Waals surface area (Å²) in [5, 5.41) is 12.4. The molecule has 21 heavy (non-hydrogen) atoms. The van der Waals surface area contributed by atoms with Gasteiger partial charge in [-0.3, -0.25) is 0 Å². The Bertz CT molecular complexity index is 543. The number of carbonyl (C=O) groups is 2. The highest BCUT2D eigenvalue weighted by molar-refractivity contribution is 7.12. The van der Waals surface area contributed by atoms with Crippen LogP contribution in [0.15, 0.2) is 12.1 Å². The van der Waals surface area contributed by atoms with Gasteiger partial charge in [0.2, 0.25) is 0 Å². The molecule has 6 heteroatoms. The molecule has 2 heterocycles. The van der Waals surface area contributed by atoms with E-state index in [-0.39, 0.29) is 12.1 Å². The molecular formula is C15H22N2O3S. The summed E-state index contributed by atoms with van der Waals surface area (Å²) in [7, 11) is 0. The van der Waals surface area contributed by atoms with Gasteiger partial charge in [0, 0.05) is 16.3 Å². The number of nitrogens with zero attached hydrogens (tertiary/aromatic N) is 1. The molecule has 0 saturated carbocycles. The number of piperidine rings is 1. The van der Waals surface area contributed by atoms with Gasteiger partial charge in [-0.1, -0.05) is 0 Å². The summed E-state index contributed by atoms with van der Waals surface area (Å²) < 4.78 is 0. The largest absolute Gasteiger partial charge is 0.480 e. The highest BCUT2D eigenvalue weighted by Crippen LogP contribution is 2.29. The molecule has 116 valence electrons. The Morgan fingerprint density at radius 1 is 1.43 bits per heavy atom. The third kappa shape index (κ3) is 3.20. The summed E-state index contributed by atoms with van der Waals surface area (Å²) in [6.45, 7) is 6.07. The summed E-state index contributed by atoms with van der Waals surface area (Å²) in [5.74, 6) is -0.933. The number of carboxylic acids is 1. The van der Waals surface area contributed by atoms with Crippen LogP contribution in [0, 0.1) is 6.92 Å². The van der Waals surface area contributed by atoms with Crippen molar-refractivity contribution in [3.05, 3.63) is 21.9 Å². The fraction of sp³-hybridized carbons (Fsp3) is 0.600. The van der Waals surface area contributed by atoms with Crippen LogP contribution in [0.5, 0.6) is 0 Å². The van der Waals surface area contributed by atoms with Gasteiger partial charge in [0.05, 0.1) is 6.04 Å². The number of amides is 2. The Hall–Kier alpha value is -1.56. The van der Waals surface area contributed by atoms with Crippen LogP contribution >= 0.6 is 11.3 Å². The van der Waals surface area contributed by atoms with Crippen LogP contribution in [-0.4, -0.2) is 34.1 Å². The summed E-state index contributed by atoms with van der Waals surface area (Å²) in [6.07, 6.45) is 2.19. The highest BCUT2D eigenvalue weighted by Gasteiger charge is 2.44. The molecule has 0 radical (unpaired) electrons. The van der Waals surface area contributed by atoms with Crippen molar-refractivity contribution in [1.29, 1.82) is 0 Å². The summed E-state index contributed by atoms with van der Waals surface area (Å²) in [5.41, 5.74) is -1.10. The van der Waals surface area contributed by atoms with Crippen LogP contribution < -0.4 is 5.32 Å². The van der Waals surface area contributed by atoms with Crippen molar-refractivity contribution in [2.75, 3.05) is 6.54 Å². The van der Waals surface area contributed by atoms with E-state index in [9.17, 15) is 14.7 Å². The number of aliphatic carboxylic acids is 1. The van der Waals surface area contributed by atoms with Gasteiger partial charge >= 0.3 is 12.0 Å². The molecule has 2 N–H and O–H groups in total. The van der Waals surface area contributed by atoms with Crippen LogP contribution in [0.25, 0.3) is 0 Å². The molecule has 2 amide bonds. The normalized spacial score (nSPS) is 23.7. The highest BCUT2D eigenvalue weighted by atomic mass is 32.1. The van der Waals surface area contributed by atoms with Gasteiger partial charge < -0.3 is 15.3 Å². The standard InChI is InChI=1S/C15H22N2O3S/c1-10-6-7-12(21-10)11(2)16-14(20)17-9-5-4-8-15(17,3)13(18)19/h6-7,11H,4-5,8-9H2,1-3H3,(H,16,20)(H,18,19). The molecule has 5 nitrogen and oxygen atoms in total. The zero-order valence-electron chi connectivity index (χ0n) is 12.7. The van der Waals surface area contributed by atoms with Gasteiger partial charge in [0.25, 0.3) is 0 Å². The van der Waals surface area contributed by atoms with Crippen molar-refractivity contribution in [3.63, 3.8) is 0 Å². The molecule has 0 aromatic carbocycles. The van der Waals surface area contributed by atoms with Gasteiger partial charge in [0.1, 0.15) is 5.54 Å². The van der Waals surface area contributed by atoms with Crippen molar-refractivity contribution in [1.82, 2.24) is 10.2 Å². The number of urea groups is 1. The summed E-state index contributed by atoms with van der Waals surface area (Å²) >= 11 is 1.64. The van der Waals surface area contributed by atoms with Crippen molar-refractivity contribution < 1.29 is 14.7 Å². The minimum atomic E-state index is -1.10. The Kier molecular flexibility index (Phi) is 4.56. The van der Waals surface area contributed by atoms with E-state index in [1.165, 1.54) is 9.78 Å². The molecule has 2 rings (SSSR count). The Morgan fingerprint density at radius 2 is 2.14 bits per heavy atom. The van der Waals surface area contributed by atoms with Crippen molar-refractivity contribution >= 4 is 23.3 Å². The first-order valence-corrected chi connectivity index (χ1v) is 8.04. The van der Waals surface area contributed by atoms with E-state index in [2.05, 4.69) is 5.32 Å². The molecule has 1 fully saturated rings.